The Hall–Kier alpha value is -3.02. The van der Waals surface area contributed by atoms with E-state index in [4.69, 9.17) is 9.47 Å². The van der Waals surface area contributed by atoms with E-state index in [0.29, 0.717) is 11.5 Å². The lowest BCUT2D eigenvalue weighted by Gasteiger charge is -2.19. The molecule has 0 unspecified atom stereocenters. The van der Waals surface area contributed by atoms with E-state index in [2.05, 4.69) is 61.9 Å². The number of rotatable bonds is 4. The van der Waals surface area contributed by atoms with Crippen molar-refractivity contribution in [3.63, 3.8) is 0 Å². The summed E-state index contributed by atoms with van der Waals surface area (Å²) in [5, 5.41) is 15.7. The van der Waals surface area contributed by atoms with Crippen LogP contribution in [0.1, 0.15) is 52.7 Å². The van der Waals surface area contributed by atoms with Crippen LogP contribution in [-0.2, 0) is 10.8 Å². The number of hydrogen-bond donors (Lipinski definition) is 0. The summed E-state index contributed by atoms with van der Waals surface area (Å²) in [6.45, 7) is 13.0. The maximum absolute atomic E-state index is 5.60. The molecular formula is C22H26N4O2. The van der Waals surface area contributed by atoms with Gasteiger partial charge in [0.2, 0.25) is 0 Å². The first-order valence-electron chi connectivity index (χ1n) is 9.25. The number of benzene rings is 2. The average Bonchev–Trinajstić information content (AvgIpc) is 2.63. The van der Waals surface area contributed by atoms with Gasteiger partial charge in [0.1, 0.15) is 11.5 Å². The third-order valence-electron chi connectivity index (χ3n) is 4.30. The second-order valence-corrected chi connectivity index (χ2v) is 8.72. The van der Waals surface area contributed by atoms with Crippen molar-refractivity contribution in [2.24, 2.45) is 0 Å². The molecule has 0 fully saturated rings. The lowest BCUT2D eigenvalue weighted by molar-refractivity contribution is 0.381. The topological polar surface area (TPSA) is 70.0 Å². The molecule has 0 saturated heterocycles. The van der Waals surface area contributed by atoms with Crippen molar-refractivity contribution in [2.45, 2.75) is 52.4 Å². The van der Waals surface area contributed by atoms with Crippen molar-refractivity contribution >= 4 is 0 Å². The maximum Gasteiger partial charge on any atom is 0.360 e. The number of hydrogen-bond acceptors (Lipinski definition) is 6. The number of aromatic nitrogens is 4. The summed E-state index contributed by atoms with van der Waals surface area (Å²) < 4.78 is 11.2. The van der Waals surface area contributed by atoms with Gasteiger partial charge < -0.3 is 9.47 Å². The summed E-state index contributed by atoms with van der Waals surface area (Å²) >= 11 is 0. The van der Waals surface area contributed by atoms with Gasteiger partial charge in [-0.3, -0.25) is 0 Å². The third-order valence-corrected chi connectivity index (χ3v) is 4.30. The fraction of sp³-hybridized carbons (Fsp3) is 0.364. The van der Waals surface area contributed by atoms with Gasteiger partial charge >= 0.3 is 12.0 Å². The molecule has 0 aliphatic heterocycles. The molecule has 0 N–H and O–H groups in total. The van der Waals surface area contributed by atoms with E-state index in [0.717, 1.165) is 0 Å². The fourth-order valence-electron chi connectivity index (χ4n) is 2.55. The van der Waals surface area contributed by atoms with Gasteiger partial charge in [0.15, 0.2) is 0 Å². The summed E-state index contributed by atoms with van der Waals surface area (Å²) in [6.07, 6.45) is 0. The van der Waals surface area contributed by atoms with Crippen molar-refractivity contribution in [1.29, 1.82) is 0 Å². The highest BCUT2D eigenvalue weighted by atomic mass is 16.5. The highest BCUT2D eigenvalue weighted by molar-refractivity contribution is 5.33. The van der Waals surface area contributed by atoms with Crippen molar-refractivity contribution in [3.05, 3.63) is 59.7 Å². The minimum Gasteiger partial charge on any atom is -0.422 e. The molecule has 0 amide bonds. The molecule has 2 aromatic carbocycles. The molecule has 0 spiro atoms. The lowest BCUT2D eigenvalue weighted by Crippen LogP contribution is -2.10. The third kappa shape index (κ3) is 5.03. The van der Waals surface area contributed by atoms with Gasteiger partial charge in [-0.15, -0.1) is 0 Å². The van der Waals surface area contributed by atoms with Crippen LogP contribution in [0.2, 0.25) is 0 Å². The summed E-state index contributed by atoms with van der Waals surface area (Å²) in [4.78, 5) is 0. The normalized spacial score (nSPS) is 11.9. The molecule has 6 nitrogen and oxygen atoms in total. The summed E-state index contributed by atoms with van der Waals surface area (Å²) in [6, 6.07) is 15.7. The Kier molecular flexibility index (Phi) is 5.31. The smallest absolute Gasteiger partial charge is 0.360 e. The van der Waals surface area contributed by atoms with E-state index in [1.807, 2.05) is 48.5 Å². The molecule has 6 heteroatoms. The van der Waals surface area contributed by atoms with Crippen LogP contribution in [0.3, 0.4) is 0 Å². The Morgan fingerprint density at radius 2 is 0.786 bits per heavy atom. The standard InChI is InChI=1S/C22H26N4O2/c1-21(2,3)15-7-11-17(12-8-15)27-19-23-25-20(26-24-19)28-18-13-9-16(10-14-18)22(4,5)6/h7-14H,1-6H3. The molecule has 3 rings (SSSR count). The van der Waals surface area contributed by atoms with Crippen LogP contribution in [0.25, 0.3) is 0 Å². The van der Waals surface area contributed by atoms with Crippen LogP contribution >= 0.6 is 0 Å². The Balaban J connectivity index is 1.63. The molecule has 0 bridgehead atoms. The minimum atomic E-state index is 0.0685. The quantitative estimate of drug-likeness (QED) is 0.601. The van der Waals surface area contributed by atoms with Crippen molar-refractivity contribution in [1.82, 2.24) is 20.4 Å². The molecule has 3 aromatic rings. The van der Waals surface area contributed by atoms with Crippen LogP contribution in [-0.4, -0.2) is 20.4 Å². The summed E-state index contributed by atoms with van der Waals surface area (Å²) in [5.41, 5.74) is 2.61. The SMILES string of the molecule is CC(C)(C)c1ccc(Oc2nnc(Oc3ccc(C(C)(C)C)cc3)nn2)cc1. The Bertz CT molecular complexity index is 829. The van der Waals surface area contributed by atoms with Gasteiger partial charge in [-0.2, -0.15) is 0 Å². The van der Waals surface area contributed by atoms with Gasteiger partial charge in [0.25, 0.3) is 0 Å². The first-order valence-corrected chi connectivity index (χ1v) is 9.25. The summed E-state index contributed by atoms with van der Waals surface area (Å²) in [7, 11) is 0. The lowest BCUT2D eigenvalue weighted by atomic mass is 9.87. The van der Waals surface area contributed by atoms with Gasteiger partial charge in [0.05, 0.1) is 0 Å². The van der Waals surface area contributed by atoms with Crippen molar-refractivity contribution in [3.8, 4) is 23.5 Å². The first kappa shape index (κ1) is 19.7. The molecule has 0 aliphatic carbocycles. The number of nitrogens with zero attached hydrogens (tertiary/aromatic N) is 4. The van der Waals surface area contributed by atoms with E-state index in [1.54, 1.807) is 0 Å². The first-order chi connectivity index (χ1) is 13.1. The van der Waals surface area contributed by atoms with Crippen molar-refractivity contribution < 1.29 is 9.47 Å². The number of ether oxygens (including phenoxy) is 2. The maximum atomic E-state index is 5.60. The van der Waals surface area contributed by atoms with Gasteiger partial charge in [-0.1, -0.05) is 86.2 Å². The van der Waals surface area contributed by atoms with Crippen LogP contribution in [0, 0.1) is 0 Å². The zero-order chi connectivity index (χ0) is 20.4. The van der Waals surface area contributed by atoms with Gasteiger partial charge in [-0.25, -0.2) is 0 Å². The predicted molar refractivity (Wildman–Crippen MR) is 108 cm³/mol. The minimum absolute atomic E-state index is 0.0685. The zero-order valence-corrected chi connectivity index (χ0v) is 17.2. The van der Waals surface area contributed by atoms with Crippen molar-refractivity contribution in [2.75, 3.05) is 0 Å². The highest BCUT2D eigenvalue weighted by Crippen LogP contribution is 2.27. The molecule has 0 saturated carbocycles. The monoisotopic (exact) mass is 378 g/mol. The Morgan fingerprint density at radius 1 is 0.500 bits per heavy atom. The predicted octanol–water partition coefficient (Wildman–Crippen LogP) is 5.45. The molecule has 28 heavy (non-hydrogen) atoms. The van der Waals surface area contributed by atoms with Crippen LogP contribution in [0.15, 0.2) is 48.5 Å². The highest BCUT2D eigenvalue weighted by Gasteiger charge is 2.15. The van der Waals surface area contributed by atoms with Crippen LogP contribution in [0.4, 0.5) is 0 Å². The van der Waals surface area contributed by atoms with E-state index in [9.17, 15) is 0 Å². The van der Waals surface area contributed by atoms with Gasteiger partial charge in [-0.05, 0) is 46.2 Å². The second kappa shape index (κ2) is 7.54. The molecule has 1 aromatic heterocycles. The van der Waals surface area contributed by atoms with Gasteiger partial charge in [0, 0.05) is 0 Å². The van der Waals surface area contributed by atoms with Crippen LogP contribution in [0.5, 0.6) is 23.5 Å². The second-order valence-electron chi connectivity index (χ2n) is 8.72. The van der Waals surface area contributed by atoms with E-state index >= 15 is 0 Å². The molecule has 0 atom stereocenters. The van der Waals surface area contributed by atoms with Crippen LogP contribution < -0.4 is 9.47 Å². The molecule has 0 radical (unpaired) electrons. The molecule has 146 valence electrons. The molecular weight excluding hydrogens is 352 g/mol. The molecule has 1 heterocycles. The summed E-state index contributed by atoms with van der Waals surface area (Å²) in [5.74, 6) is 1.26. The average molecular weight is 378 g/mol. The van der Waals surface area contributed by atoms with E-state index in [-0.39, 0.29) is 22.9 Å². The molecule has 0 aliphatic rings. The van der Waals surface area contributed by atoms with E-state index in [1.165, 1.54) is 11.1 Å². The zero-order valence-electron chi connectivity index (χ0n) is 17.2. The largest absolute Gasteiger partial charge is 0.422 e. The Labute approximate surface area is 166 Å². The van der Waals surface area contributed by atoms with E-state index < -0.39 is 0 Å². The fourth-order valence-corrected chi connectivity index (χ4v) is 2.55. The Morgan fingerprint density at radius 3 is 1.04 bits per heavy atom.